The zero-order valence-electron chi connectivity index (χ0n) is 11.1. The topological polar surface area (TPSA) is 32.3 Å². The largest absolute Gasteiger partial charge is 0.389 e. The molecule has 2 heteroatoms. The first kappa shape index (κ1) is 14.9. The third-order valence-corrected chi connectivity index (χ3v) is 2.94. The molecule has 0 aromatic carbocycles. The Bertz CT molecular complexity index is 151. The summed E-state index contributed by atoms with van der Waals surface area (Å²) in [5.74, 6) is 1.30. The van der Waals surface area contributed by atoms with Gasteiger partial charge in [0.15, 0.2) is 0 Å². The van der Waals surface area contributed by atoms with Crippen molar-refractivity contribution in [2.24, 2.45) is 11.8 Å². The summed E-state index contributed by atoms with van der Waals surface area (Å²) in [5.41, 5.74) is -0.550. The van der Waals surface area contributed by atoms with E-state index in [1.54, 1.807) is 0 Å². The molecule has 1 atom stereocenters. The van der Waals surface area contributed by atoms with E-state index in [-0.39, 0.29) is 0 Å². The lowest BCUT2D eigenvalue weighted by Gasteiger charge is -2.28. The number of nitrogens with one attached hydrogen (secondary N) is 1. The standard InChI is InChI=1S/C13H29NO/c1-6-12(7-2)8-13(5,15)10-14-9-11(3)4/h11-12,14-15H,6-10H2,1-5H3. The van der Waals surface area contributed by atoms with Crippen molar-refractivity contribution < 1.29 is 5.11 Å². The van der Waals surface area contributed by atoms with Gasteiger partial charge in [0.1, 0.15) is 0 Å². The molecule has 1 unspecified atom stereocenters. The molecule has 0 spiro atoms. The van der Waals surface area contributed by atoms with Crippen molar-refractivity contribution in [2.45, 2.75) is 59.5 Å². The molecule has 0 radical (unpaired) electrons. The maximum atomic E-state index is 10.2. The monoisotopic (exact) mass is 215 g/mol. The van der Waals surface area contributed by atoms with Crippen LogP contribution in [0, 0.1) is 11.8 Å². The highest BCUT2D eigenvalue weighted by molar-refractivity contribution is 4.78. The van der Waals surface area contributed by atoms with E-state index in [4.69, 9.17) is 0 Å². The van der Waals surface area contributed by atoms with Gasteiger partial charge in [0.2, 0.25) is 0 Å². The van der Waals surface area contributed by atoms with Gasteiger partial charge in [0.05, 0.1) is 5.60 Å². The van der Waals surface area contributed by atoms with E-state index in [9.17, 15) is 5.11 Å². The summed E-state index contributed by atoms with van der Waals surface area (Å²) in [6, 6.07) is 0. The smallest absolute Gasteiger partial charge is 0.0746 e. The first-order valence-electron chi connectivity index (χ1n) is 6.34. The Balaban J connectivity index is 3.84. The molecular formula is C13H29NO. The highest BCUT2D eigenvalue weighted by Crippen LogP contribution is 2.21. The summed E-state index contributed by atoms with van der Waals surface area (Å²) in [6.45, 7) is 12.4. The van der Waals surface area contributed by atoms with Gasteiger partial charge < -0.3 is 10.4 Å². The van der Waals surface area contributed by atoms with Gasteiger partial charge >= 0.3 is 0 Å². The van der Waals surface area contributed by atoms with Crippen molar-refractivity contribution in [1.29, 1.82) is 0 Å². The molecule has 0 saturated heterocycles. The van der Waals surface area contributed by atoms with Crippen molar-refractivity contribution in [3.8, 4) is 0 Å². The van der Waals surface area contributed by atoms with E-state index in [1.807, 2.05) is 6.92 Å². The molecule has 0 bridgehead atoms. The lowest BCUT2D eigenvalue weighted by atomic mass is 9.88. The van der Waals surface area contributed by atoms with Crippen LogP contribution in [0.25, 0.3) is 0 Å². The molecule has 2 nitrogen and oxygen atoms in total. The van der Waals surface area contributed by atoms with Gasteiger partial charge in [-0.05, 0) is 31.7 Å². The van der Waals surface area contributed by atoms with E-state index >= 15 is 0 Å². The molecule has 0 amide bonds. The molecule has 0 aliphatic carbocycles. The average Bonchev–Trinajstić information content (AvgIpc) is 2.13. The van der Waals surface area contributed by atoms with Crippen LogP contribution < -0.4 is 5.32 Å². The predicted molar refractivity (Wildman–Crippen MR) is 67.0 cm³/mol. The fraction of sp³-hybridized carbons (Fsp3) is 1.00. The predicted octanol–water partition coefficient (Wildman–Crippen LogP) is 2.81. The summed E-state index contributed by atoms with van der Waals surface area (Å²) >= 11 is 0. The summed E-state index contributed by atoms with van der Waals surface area (Å²) in [4.78, 5) is 0. The van der Waals surface area contributed by atoms with Gasteiger partial charge in [-0.3, -0.25) is 0 Å². The maximum Gasteiger partial charge on any atom is 0.0746 e. The molecule has 0 saturated carbocycles. The first-order valence-corrected chi connectivity index (χ1v) is 6.34. The molecule has 0 aliphatic rings. The lowest BCUT2D eigenvalue weighted by molar-refractivity contribution is 0.0321. The second kappa shape index (κ2) is 7.24. The number of hydrogen-bond donors (Lipinski definition) is 2. The average molecular weight is 215 g/mol. The van der Waals surface area contributed by atoms with Crippen LogP contribution in [0.15, 0.2) is 0 Å². The Morgan fingerprint density at radius 2 is 1.73 bits per heavy atom. The summed E-state index contributed by atoms with van der Waals surface area (Å²) in [7, 11) is 0. The van der Waals surface area contributed by atoms with Crippen LogP contribution in [0.2, 0.25) is 0 Å². The van der Waals surface area contributed by atoms with Gasteiger partial charge in [0.25, 0.3) is 0 Å². The molecule has 15 heavy (non-hydrogen) atoms. The van der Waals surface area contributed by atoms with E-state index in [0.29, 0.717) is 18.4 Å². The summed E-state index contributed by atoms with van der Waals surface area (Å²) < 4.78 is 0. The lowest BCUT2D eigenvalue weighted by Crippen LogP contribution is -2.40. The van der Waals surface area contributed by atoms with E-state index < -0.39 is 5.60 Å². The number of hydrogen-bond acceptors (Lipinski definition) is 2. The second-order valence-corrected chi connectivity index (χ2v) is 5.41. The van der Waals surface area contributed by atoms with E-state index in [0.717, 1.165) is 25.8 Å². The Morgan fingerprint density at radius 3 is 2.13 bits per heavy atom. The molecule has 0 rings (SSSR count). The Morgan fingerprint density at radius 1 is 1.20 bits per heavy atom. The third kappa shape index (κ3) is 7.80. The molecule has 0 fully saturated rings. The van der Waals surface area contributed by atoms with E-state index in [2.05, 4.69) is 33.0 Å². The van der Waals surface area contributed by atoms with Crippen LogP contribution in [0.4, 0.5) is 0 Å². The molecule has 0 aromatic heterocycles. The van der Waals surface area contributed by atoms with Crippen LogP contribution in [0.5, 0.6) is 0 Å². The first-order chi connectivity index (χ1) is 6.91. The van der Waals surface area contributed by atoms with Gasteiger partial charge in [-0.2, -0.15) is 0 Å². The highest BCUT2D eigenvalue weighted by atomic mass is 16.3. The summed E-state index contributed by atoms with van der Waals surface area (Å²) in [5, 5.41) is 13.5. The zero-order valence-corrected chi connectivity index (χ0v) is 11.1. The Hall–Kier alpha value is -0.0800. The van der Waals surface area contributed by atoms with Crippen LogP contribution >= 0.6 is 0 Å². The fourth-order valence-electron chi connectivity index (χ4n) is 1.90. The number of rotatable bonds is 8. The minimum Gasteiger partial charge on any atom is -0.389 e. The zero-order chi connectivity index (χ0) is 11.9. The van der Waals surface area contributed by atoms with Crippen molar-refractivity contribution in [1.82, 2.24) is 5.32 Å². The number of aliphatic hydroxyl groups is 1. The van der Waals surface area contributed by atoms with Crippen molar-refractivity contribution in [3.63, 3.8) is 0 Å². The van der Waals surface area contributed by atoms with Crippen LogP contribution in [0.1, 0.15) is 53.9 Å². The van der Waals surface area contributed by atoms with Gasteiger partial charge in [0, 0.05) is 6.54 Å². The summed E-state index contributed by atoms with van der Waals surface area (Å²) in [6.07, 6.45) is 3.23. The second-order valence-electron chi connectivity index (χ2n) is 5.41. The normalized spacial score (nSPS) is 16.0. The Labute approximate surface area is 95.5 Å². The van der Waals surface area contributed by atoms with Crippen molar-refractivity contribution >= 4 is 0 Å². The van der Waals surface area contributed by atoms with Gasteiger partial charge in [-0.1, -0.05) is 40.5 Å². The molecule has 2 N–H and O–H groups in total. The minimum absolute atomic E-state index is 0.550. The fourth-order valence-corrected chi connectivity index (χ4v) is 1.90. The van der Waals surface area contributed by atoms with Gasteiger partial charge in [-0.15, -0.1) is 0 Å². The molecule has 0 heterocycles. The van der Waals surface area contributed by atoms with Crippen LogP contribution in [-0.4, -0.2) is 23.8 Å². The Kier molecular flexibility index (Phi) is 7.20. The van der Waals surface area contributed by atoms with Gasteiger partial charge in [-0.25, -0.2) is 0 Å². The molecular weight excluding hydrogens is 186 g/mol. The quantitative estimate of drug-likeness (QED) is 0.652. The highest BCUT2D eigenvalue weighted by Gasteiger charge is 2.23. The van der Waals surface area contributed by atoms with Crippen LogP contribution in [-0.2, 0) is 0 Å². The third-order valence-electron chi connectivity index (χ3n) is 2.94. The van der Waals surface area contributed by atoms with Crippen LogP contribution in [0.3, 0.4) is 0 Å². The van der Waals surface area contributed by atoms with Crippen molar-refractivity contribution in [3.05, 3.63) is 0 Å². The SMILES string of the molecule is CCC(CC)CC(C)(O)CNCC(C)C. The van der Waals surface area contributed by atoms with Crippen molar-refractivity contribution in [2.75, 3.05) is 13.1 Å². The molecule has 92 valence electrons. The molecule has 0 aromatic rings. The maximum absolute atomic E-state index is 10.2. The molecule has 0 aliphatic heterocycles. The minimum atomic E-state index is -0.550. The van der Waals surface area contributed by atoms with E-state index in [1.165, 1.54) is 0 Å².